The number of sulfonamides is 1. The normalized spacial score (nSPS) is 31.5. The van der Waals surface area contributed by atoms with Crippen LogP contribution < -0.4 is 10.0 Å². The lowest BCUT2D eigenvalue weighted by Crippen LogP contribution is -2.53. The second-order valence-corrected chi connectivity index (χ2v) is 8.31. The first kappa shape index (κ1) is 15.2. The Morgan fingerprint density at radius 2 is 2.21 bits per heavy atom. The van der Waals surface area contributed by atoms with Crippen LogP contribution in [0.2, 0.25) is 0 Å². The van der Waals surface area contributed by atoms with Gasteiger partial charge in [0, 0.05) is 19.2 Å². The predicted molar refractivity (Wildman–Crippen MR) is 75.5 cm³/mol. The zero-order valence-electron chi connectivity index (χ0n) is 11.9. The third-order valence-corrected chi connectivity index (χ3v) is 5.84. The topological polar surface area (TPSA) is 67.4 Å². The minimum atomic E-state index is -3.18. The molecule has 0 aromatic rings. The van der Waals surface area contributed by atoms with Gasteiger partial charge in [0.25, 0.3) is 0 Å². The molecular formula is C13H26N2O3S. The molecule has 0 amide bonds. The van der Waals surface area contributed by atoms with Crippen LogP contribution in [0, 0.1) is 11.3 Å². The molecule has 19 heavy (non-hydrogen) atoms. The van der Waals surface area contributed by atoms with Gasteiger partial charge in [-0.3, -0.25) is 0 Å². The zero-order valence-corrected chi connectivity index (χ0v) is 12.8. The highest BCUT2D eigenvalue weighted by molar-refractivity contribution is 7.89. The summed E-state index contributed by atoms with van der Waals surface area (Å²) in [5.41, 5.74) is 0.150. The van der Waals surface area contributed by atoms with E-state index < -0.39 is 10.0 Å². The molecule has 2 atom stereocenters. The van der Waals surface area contributed by atoms with Crippen LogP contribution in [-0.2, 0) is 14.8 Å². The molecule has 2 aliphatic rings. The van der Waals surface area contributed by atoms with Gasteiger partial charge < -0.3 is 10.1 Å². The van der Waals surface area contributed by atoms with E-state index in [9.17, 15) is 8.42 Å². The zero-order chi connectivity index (χ0) is 13.9. The van der Waals surface area contributed by atoms with Gasteiger partial charge in [-0.2, -0.15) is 0 Å². The van der Waals surface area contributed by atoms with Crippen LogP contribution >= 0.6 is 0 Å². The molecule has 0 aromatic heterocycles. The molecule has 2 aliphatic heterocycles. The number of hydrogen-bond acceptors (Lipinski definition) is 4. The third-order valence-electron chi connectivity index (χ3n) is 4.32. The number of rotatable bonds is 5. The summed E-state index contributed by atoms with van der Waals surface area (Å²) >= 11 is 0. The second-order valence-electron chi connectivity index (χ2n) is 6.46. The molecule has 2 N–H and O–H groups in total. The molecule has 112 valence electrons. The number of ether oxygens (including phenoxy) is 1. The lowest BCUT2D eigenvalue weighted by Gasteiger charge is -2.39. The van der Waals surface area contributed by atoms with E-state index in [-0.39, 0.29) is 23.1 Å². The Bertz CT molecular complexity index is 389. The Morgan fingerprint density at radius 3 is 2.84 bits per heavy atom. The Hall–Kier alpha value is -0.170. The van der Waals surface area contributed by atoms with Crippen molar-refractivity contribution >= 4 is 10.0 Å². The Balaban J connectivity index is 1.82. The summed E-state index contributed by atoms with van der Waals surface area (Å²) in [6.07, 6.45) is 3.16. The highest BCUT2D eigenvalue weighted by Crippen LogP contribution is 2.29. The number of piperidine rings is 1. The molecule has 0 radical (unpaired) electrons. The first-order chi connectivity index (χ1) is 8.89. The van der Waals surface area contributed by atoms with E-state index in [2.05, 4.69) is 23.9 Å². The quantitative estimate of drug-likeness (QED) is 0.783. The van der Waals surface area contributed by atoms with Crippen molar-refractivity contribution in [3.05, 3.63) is 0 Å². The fraction of sp³-hybridized carbons (Fsp3) is 1.00. The minimum absolute atomic E-state index is 0.150. The molecule has 2 saturated heterocycles. The molecule has 0 aromatic carbocycles. The van der Waals surface area contributed by atoms with E-state index >= 15 is 0 Å². The van der Waals surface area contributed by atoms with Gasteiger partial charge in [-0.25, -0.2) is 13.1 Å². The molecule has 5 nitrogen and oxygen atoms in total. The molecular weight excluding hydrogens is 264 g/mol. The van der Waals surface area contributed by atoms with Gasteiger partial charge in [0.2, 0.25) is 10.0 Å². The van der Waals surface area contributed by atoms with Crippen LogP contribution in [0.3, 0.4) is 0 Å². The molecule has 2 fully saturated rings. The fourth-order valence-corrected chi connectivity index (χ4v) is 4.34. The second kappa shape index (κ2) is 6.08. The predicted octanol–water partition coefficient (Wildman–Crippen LogP) is 0.721. The first-order valence-electron chi connectivity index (χ1n) is 7.17. The highest BCUT2D eigenvalue weighted by atomic mass is 32.2. The van der Waals surface area contributed by atoms with E-state index in [1.54, 1.807) is 0 Å². The van der Waals surface area contributed by atoms with Crippen molar-refractivity contribution in [1.29, 1.82) is 0 Å². The lowest BCUT2D eigenvalue weighted by molar-refractivity contribution is 0.181. The van der Waals surface area contributed by atoms with Crippen molar-refractivity contribution in [1.82, 2.24) is 10.0 Å². The fourth-order valence-electron chi connectivity index (χ4n) is 2.91. The summed E-state index contributed by atoms with van der Waals surface area (Å²) in [6.45, 7) is 7.13. The Kier molecular flexibility index (Phi) is 4.87. The molecule has 6 heteroatoms. The third kappa shape index (κ3) is 4.41. The van der Waals surface area contributed by atoms with Crippen molar-refractivity contribution in [3.63, 3.8) is 0 Å². The summed E-state index contributed by atoms with van der Waals surface area (Å²) in [6, 6.07) is 0.218. The van der Waals surface area contributed by atoms with Crippen LogP contribution in [0.25, 0.3) is 0 Å². The van der Waals surface area contributed by atoms with Crippen LogP contribution in [0.5, 0.6) is 0 Å². The van der Waals surface area contributed by atoms with Crippen molar-refractivity contribution < 1.29 is 13.2 Å². The van der Waals surface area contributed by atoms with Crippen molar-refractivity contribution in [3.8, 4) is 0 Å². The van der Waals surface area contributed by atoms with Gasteiger partial charge in [-0.1, -0.05) is 13.8 Å². The smallest absolute Gasteiger partial charge is 0.212 e. The van der Waals surface area contributed by atoms with Gasteiger partial charge in [-0.15, -0.1) is 0 Å². The lowest BCUT2D eigenvalue weighted by atomic mass is 9.78. The monoisotopic (exact) mass is 290 g/mol. The van der Waals surface area contributed by atoms with E-state index in [0.29, 0.717) is 19.8 Å². The standard InChI is InChI=1S/C13H26N2O3S/c1-13(2)5-3-6-14-12(13)8-15-19(16,17)10-11-4-7-18-9-11/h11-12,14-15H,3-10H2,1-2H3. The maximum absolute atomic E-state index is 12.0. The van der Waals surface area contributed by atoms with Gasteiger partial charge in [-0.05, 0) is 37.1 Å². The molecule has 2 heterocycles. The van der Waals surface area contributed by atoms with Crippen LogP contribution in [0.4, 0.5) is 0 Å². The average molecular weight is 290 g/mol. The molecule has 0 spiro atoms. The molecule has 0 aliphatic carbocycles. The first-order valence-corrected chi connectivity index (χ1v) is 8.83. The minimum Gasteiger partial charge on any atom is -0.381 e. The van der Waals surface area contributed by atoms with E-state index in [1.165, 1.54) is 0 Å². The van der Waals surface area contributed by atoms with Crippen molar-refractivity contribution in [2.45, 2.75) is 39.2 Å². The molecule has 2 unspecified atom stereocenters. The molecule has 0 bridgehead atoms. The Labute approximate surface area is 116 Å². The maximum Gasteiger partial charge on any atom is 0.212 e. The van der Waals surface area contributed by atoms with Crippen LogP contribution in [0.15, 0.2) is 0 Å². The summed E-state index contributed by atoms with van der Waals surface area (Å²) in [7, 11) is -3.18. The maximum atomic E-state index is 12.0. The summed E-state index contributed by atoms with van der Waals surface area (Å²) in [4.78, 5) is 0. The summed E-state index contributed by atoms with van der Waals surface area (Å²) < 4.78 is 32.1. The van der Waals surface area contributed by atoms with Crippen LogP contribution in [-0.4, -0.2) is 46.5 Å². The number of nitrogens with one attached hydrogen (secondary N) is 2. The molecule has 2 rings (SSSR count). The van der Waals surface area contributed by atoms with E-state index in [1.807, 2.05) is 0 Å². The van der Waals surface area contributed by atoms with E-state index in [4.69, 9.17) is 4.74 Å². The average Bonchev–Trinajstić information content (AvgIpc) is 2.79. The summed E-state index contributed by atoms with van der Waals surface area (Å²) in [5.74, 6) is 0.352. The van der Waals surface area contributed by atoms with E-state index in [0.717, 1.165) is 25.8 Å². The highest BCUT2D eigenvalue weighted by Gasteiger charge is 2.33. The largest absolute Gasteiger partial charge is 0.381 e. The van der Waals surface area contributed by atoms with Crippen LogP contribution in [0.1, 0.15) is 33.1 Å². The van der Waals surface area contributed by atoms with Crippen molar-refractivity contribution in [2.75, 3.05) is 32.1 Å². The SMILES string of the molecule is CC1(C)CCCNC1CNS(=O)(=O)CC1CCOC1. The van der Waals surface area contributed by atoms with Gasteiger partial charge in [0.1, 0.15) is 0 Å². The summed E-state index contributed by atoms with van der Waals surface area (Å²) in [5, 5.41) is 3.42. The Morgan fingerprint density at radius 1 is 1.42 bits per heavy atom. The number of hydrogen-bond donors (Lipinski definition) is 2. The van der Waals surface area contributed by atoms with Gasteiger partial charge >= 0.3 is 0 Å². The van der Waals surface area contributed by atoms with Gasteiger partial charge in [0.15, 0.2) is 0 Å². The molecule has 0 saturated carbocycles. The van der Waals surface area contributed by atoms with Crippen molar-refractivity contribution in [2.24, 2.45) is 11.3 Å². The van der Waals surface area contributed by atoms with Gasteiger partial charge in [0.05, 0.1) is 12.4 Å².